The third-order valence-electron chi connectivity index (χ3n) is 7.11. The van der Waals surface area contributed by atoms with Crippen molar-refractivity contribution in [3.05, 3.63) is 170 Å². The lowest BCUT2D eigenvalue weighted by molar-refractivity contribution is 0.0599. The molecule has 0 fully saturated rings. The van der Waals surface area contributed by atoms with Crippen LogP contribution in [-0.4, -0.2) is 51.3 Å². The summed E-state index contributed by atoms with van der Waals surface area (Å²) in [7, 11) is -0.0957. The molecule has 2 aromatic heterocycles. The summed E-state index contributed by atoms with van der Waals surface area (Å²) in [6.07, 6.45) is 3.03. The number of carbonyl (C=O) groups is 2. The Balaban J connectivity index is 0.000000192. The highest BCUT2D eigenvalue weighted by atomic mass is 127. The number of carboxylic acid groups (broad SMARTS) is 1. The van der Waals surface area contributed by atoms with Crippen molar-refractivity contribution >= 4 is 70.3 Å². The number of ether oxygens (including phenoxy) is 3. The maximum atomic E-state index is 11.4. The number of methoxy groups -OCH3 is 1. The third kappa shape index (κ3) is 13.8. The highest BCUT2D eigenvalue weighted by Gasteiger charge is 2.10. The number of hydrogen-bond acceptors (Lipinski definition) is 9. The first kappa shape index (κ1) is 40.8. The molecule has 0 atom stereocenters. The molecule has 0 unspecified atom stereocenters. The molecule has 0 aliphatic heterocycles. The molecular formula is C39H32BCl2IN2O8. The smallest absolute Gasteiger partial charge is 0.489 e. The highest BCUT2D eigenvalue weighted by molar-refractivity contribution is 14.1. The Hall–Kier alpha value is -4.99. The van der Waals surface area contributed by atoms with E-state index in [0.29, 0.717) is 40.3 Å². The zero-order valence-corrected chi connectivity index (χ0v) is 31.8. The number of aromatic nitrogens is 2. The summed E-state index contributed by atoms with van der Waals surface area (Å²) < 4.78 is 17.2. The van der Waals surface area contributed by atoms with E-state index in [-0.39, 0.29) is 11.5 Å². The van der Waals surface area contributed by atoms with Crippen LogP contribution in [-0.2, 0) is 18.0 Å². The Labute approximate surface area is 330 Å². The number of esters is 1. The van der Waals surface area contributed by atoms with Crippen molar-refractivity contribution in [3.8, 4) is 22.6 Å². The van der Waals surface area contributed by atoms with Crippen LogP contribution in [0.1, 0.15) is 31.8 Å². The Kier molecular flexibility index (Phi) is 16.1. The molecule has 0 aliphatic rings. The van der Waals surface area contributed by atoms with Crippen molar-refractivity contribution in [2.24, 2.45) is 0 Å². The molecule has 0 amide bonds. The van der Waals surface area contributed by atoms with E-state index < -0.39 is 13.1 Å². The Morgan fingerprint density at radius 3 is 1.68 bits per heavy atom. The fourth-order valence-corrected chi connectivity index (χ4v) is 4.98. The summed E-state index contributed by atoms with van der Waals surface area (Å²) in [4.78, 5) is 30.1. The van der Waals surface area contributed by atoms with Crippen molar-refractivity contribution < 1.29 is 39.0 Å². The van der Waals surface area contributed by atoms with Gasteiger partial charge in [-0.05, 0) is 118 Å². The van der Waals surface area contributed by atoms with E-state index in [0.717, 1.165) is 31.6 Å². The summed E-state index contributed by atoms with van der Waals surface area (Å²) >= 11 is 13.5. The van der Waals surface area contributed by atoms with Crippen molar-refractivity contribution in [2.75, 3.05) is 7.11 Å². The molecule has 270 valence electrons. The molecule has 2 heterocycles. The van der Waals surface area contributed by atoms with Crippen molar-refractivity contribution in [3.63, 3.8) is 0 Å². The van der Waals surface area contributed by atoms with Gasteiger partial charge in [0.15, 0.2) is 0 Å². The average molecular weight is 865 g/mol. The molecule has 0 spiro atoms. The van der Waals surface area contributed by atoms with Crippen LogP contribution < -0.4 is 14.9 Å². The minimum Gasteiger partial charge on any atom is -0.489 e. The number of carbonyl (C=O) groups excluding carboxylic acids is 1. The van der Waals surface area contributed by atoms with Crippen molar-refractivity contribution in [1.29, 1.82) is 0 Å². The van der Waals surface area contributed by atoms with Crippen LogP contribution in [0.5, 0.6) is 11.5 Å². The molecule has 10 nitrogen and oxygen atoms in total. The summed E-state index contributed by atoms with van der Waals surface area (Å²) in [5.41, 5.74) is 4.85. The predicted molar refractivity (Wildman–Crippen MR) is 213 cm³/mol. The number of rotatable bonds is 10. The number of nitrogens with zero attached hydrogens (tertiary/aromatic N) is 2. The van der Waals surface area contributed by atoms with E-state index in [2.05, 4.69) is 37.3 Å². The third-order valence-corrected chi connectivity index (χ3v) is 8.28. The van der Waals surface area contributed by atoms with Crippen molar-refractivity contribution in [2.45, 2.75) is 13.2 Å². The molecule has 6 rings (SSSR count). The maximum Gasteiger partial charge on any atom is 0.490 e. The van der Waals surface area contributed by atoms with Gasteiger partial charge in [0, 0.05) is 27.0 Å². The number of carboxylic acids is 1. The largest absolute Gasteiger partial charge is 0.490 e. The van der Waals surface area contributed by atoms with Crippen LogP contribution >= 0.6 is 45.8 Å². The first-order valence-corrected chi connectivity index (χ1v) is 17.5. The summed E-state index contributed by atoms with van der Waals surface area (Å²) in [5.74, 6) is 0.235. The van der Waals surface area contributed by atoms with Gasteiger partial charge >= 0.3 is 19.1 Å². The summed E-state index contributed by atoms with van der Waals surface area (Å²) in [6.45, 7) is 0.731. The highest BCUT2D eigenvalue weighted by Crippen LogP contribution is 2.23. The molecule has 0 aliphatic carbocycles. The van der Waals surface area contributed by atoms with E-state index in [9.17, 15) is 9.59 Å². The Bertz CT molecular complexity index is 2070. The number of pyridine rings is 2. The summed E-state index contributed by atoms with van der Waals surface area (Å²) in [6, 6.07) is 36.0. The fraction of sp³-hybridized carbons (Fsp3) is 0.0769. The van der Waals surface area contributed by atoms with E-state index in [1.165, 1.54) is 25.4 Å². The maximum absolute atomic E-state index is 11.4. The Morgan fingerprint density at radius 1 is 0.679 bits per heavy atom. The molecule has 53 heavy (non-hydrogen) atoms. The molecule has 0 radical (unpaired) electrons. The number of hydrogen-bond donors (Lipinski definition) is 3. The first-order valence-electron chi connectivity index (χ1n) is 15.7. The van der Waals surface area contributed by atoms with Gasteiger partial charge < -0.3 is 29.4 Å². The van der Waals surface area contributed by atoms with Gasteiger partial charge in [0.2, 0.25) is 0 Å². The minimum atomic E-state index is -1.47. The quantitative estimate of drug-likeness (QED) is 0.0541. The second kappa shape index (κ2) is 20.9. The molecule has 0 saturated carbocycles. The monoisotopic (exact) mass is 864 g/mol. The molecule has 14 heteroatoms. The molecule has 4 aromatic carbocycles. The zero-order valence-electron chi connectivity index (χ0n) is 28.1. The molecule has 6 aromatic rings. The normalized spacial score (nSPS) is 10.1. The van der Waals surface area contributed by atoms with Crippen LogP contribution in [0.2, 0.25) is 10.3 Å². The Morgan fingerprint density at radius 2 is 1.19 bits per heavy atom. The van der Waals surface area contributed by atoms with Crippen LogP contribution in [0.15, 0.2) is 134 Å². The summed E-state index contributed by atoms with van der Waals surface area (Å²) in [5, 5.41) is 27.0. The predicted octanol–water partition coefficient (Wildman–Crippen LogP) is 7.75. The lowest BCUT2D eigenvalue weighted by Gasteiger charge is -2.08. The van der Waals surface area contributed by atoms with E-state index in [4.69, 9.17) is 47.8 Å². The zero-order chi connectivity index (χ0) is 38.2. The first-order chi connectivity index (χ1) is 25.5. The van der Waals surface area contributed by atoms with Crippen LogP contribution in [0.4, 0.5) is 0 Å². The van der Waals surface area contributed by atoms with Gasteiger partial charge in [-0.1, -0.05) is 65.7 Å². The number of halogens is 3. The average Bonchev–Trinajstić information content (AvgIpc) is 3.18. The van der Waals surface area contributed by atoms with Crippen LogP contribution in [0.3, 0.4) is 0 Å². The minimum absolute atomic E-state index is 0.252. The number of aromatic carboxylic acids is 1. The lowest BCUT2D eigenvalue weighted by atomic mass is 9.82. The van der Waals surface area contributed by atoms with Gasteiger partial charge in [0.25, 0.3) is 0 Å². The van der Waals surface area contributed by atoms with Gasteiger partial charge in [-0.2, -0.15) is 0 Å². The second-order valence-corrected chi connectivity index (χ2v) is 12.9. The van der Waals surface area contributed by atoms with Crippen LogP contribution in [0, 0.1) is 3.57 Å². The van der Waals surface area contributed by atoms with Gasteiger partial charge in [0.1, 0.15) is 35.0 Å². The standard InChI is InChI=1S/C19H14ClNO3.C15H13IO3.C5H5BClNO2/c20-18-9-6-16(11-21-18)14-4-7-17(8-5-14)24-12-13-2-1-3-15(10-13)19(22)23;1-18-15(17)12-4-2-3-11(9-12)10-19-14-7-5-13(16)6-8-14;7-5-2-1-4(3-8-5)6(9)10/h1-11H,12H2,(H,22,23);2-9H,10H2,1H3;1-3,9-10H. The van der Waals surface area contributed by atoms with Gasteiger partial charge in [-0.15, -0.1) is 0 Å². The fourth-order valence-electron chi connectivity index (χ4n) is 4.39. The van der Waals surface area contributed by atoms with E-state index in [1.807, 2.05) is 72.8 Å². The topological polar surface area (TPSA) is 148 Å². The lowest BCUT2D eigenvalue weighted by Crippen LogP contribution is -2.29. The van der Waals surface area contributed by atoms with Crippen LogP contribution in [0.25, 0.3) is 11.1 Å². The molecular weight excluding hydrogens is 833 g/mol. The van der Waals surface area contributed by atoms with Gasteiger partial charge in [-0.25, -0.2) is 19.6 Å². The number of benzene rings is 4. The molecule has 0 saturated heterocycles. The van der Waals surface area contributed by atoms with E-state index >= 15 is 0 Å². The SMILES string of the molecule is COC(=O)c1cccc(COc2ccc(I)cc2)c1.O=C(O)c1cccc(COc2ccc(-c3ccc(Cl)nc3)cc2)c1.OB(O)c1ccc(Cl)nc1. The van der Waals surface area contributed by atoms with E-state index in [1.54, 1.807) is 42.6 Å². The second-order valence-electron chi connectivity index (χ2n) is 10.9. The van der Waals surface area contributed by atoms with Gasteiger partial charge in [0.05, 0.1) is 18.2 Å². The molecule has 0 bridgehead atoms. The molecule has 3 N–H and O–H groups in total. The van der Waals surface area contributed by atoms with Gasteiger partial charge in [-0.3, -0.25) is 0 Å². The van der Waals surface area contributed by atoms with Crippen molar-refractivity contribution in [1.82, 2.24) is 9.97 Å².